The molecular weight excluding hydrogens is 427 g/mol. The standard InChI is InChI=1S/C19H15Cl2F2N3O3/c1-3-4-10(9(2)20)18(27)26-16-6-5-11(17(24)25-16)12-7-14-15(8-13(12)21)29-19(22,23)28-14/h3-8H,1-2H3,(H3,24,25,26,27)/b4-3-,10-9-. The van der Waals surface area contributed by atoms with Gasteiger partial charge in [0.15, 0.2) is 11.5 Å². The van der Waals surface area contributed by atoms with Crippen LogP contribution in [0.2, 0.25) is 5.02 Å². The van der Waals surface area contributed by atoms with Gasteiger partial charge in [-0.3, -0.25) is 4.79 Å². The van der Waals surface area contributed by atoms with Gasteiger partial charge in [0.25, 0.3) is 5.91 Å². The van der Waals surface area contributed by atoms with E-state index in [1.807, 2.05) is 0 Å². The minimum absolute atomic E-state index is 0.0227. The number of pyridine rings is 1. The number of nitrogens with two attached hydrogens (primary N) is 1. The Balaban J connectivity index is 1.90. The van der Waals surface area contributed by atoms with Crippen LogP contribution in [0.4, 0.5) is 20.4 Å². The summed E-state index contributed by atoms with van der Waals surface area (Å²) < 4.78 is 35.3. The number of hydrogen-bond acceptors (Lipinski definition) is 5. The smallest absolute Gasteiger partial charge is 0.395 e. The lowest BCUT2D eigenvalue weighted by Gasteiger charge is -2.11. The second-order valence-electron chi connectivity index (χ2n) is 5.98. The van der Waals surface area contributed by atoms with Crippen molar-refractivity contribution in [2.45, 2.75) is 20.1 Å². The van der Waals surface area contributed by atoms with Gasteiger partial charge in [-0.15, -0.1) is 8.78 Å². The van der Waals surface area contributed by atoms with Crippen LogP contribution in [0.15, 0.2) is 47.0 Å². The molecule has 0 unspecified atom stereocenters. The number of alkyl halides is 2. The largest absolute Gasteiger partial charge is 0.586 e. The maximum absolute atomic E-state index is 13.3. The molecule has 1 aromatic carbocycles. The van der Waals surface area contributed by atoms with Crippen molar-refractivity contribution in [3.63, 3.8) is 0 Å². The predicted octanol–water partition coefficient (Wildman–Crippen LogP) is 5.33. The van der Waals surface area contributed by atoms with E-state index in [1.54, 1.807) is 32.1 Å². The first-order chi connectivity index (χ1) is 13.6. The highest BCUT2D eigenvalue weighted by Gasteiger charge is 2.44. The van der Waals surface area contributed by atoms with Gasteiger partial charge in [0, 0.05) is 22.2 Å². The zero-order chi connectivity index (χ0) is 21.3. The van der Waals surface area contributed by atoms with E-state index < -0.39 is 12.2 Å². The lowest BCUT2D eigenvalue weighted by molar-refractivity contribution is -0.286. The van der Waals surface area contributed by atoms with Crippen molar-refractivity contribution >= 4 is 40.7 Å². The summed E-state index contributed by atoms with van der Waals surface area (Å²) in [7, 11) is 0. The maximum atomic E-state index is 13.3. The highest BCUT2D eigenvalue weighted by molar-refractivity contribution is 6.34. The molecule has 1 aliphatic rings. The number of rotatable bonds is 4. The van der Waals surface area contributed by atoms with E-state index in [-0.39, 0.29) is 33.7 Å². The minimum Gasteiger partial charge on any atom is -0.395 e. The van der Waals surface area contributed by atoms with E-state index in [0.29, 0.717) is 16.2 Å². The summed E-state index contributed by atoms with van der Waals surface area (Å²) in [5.74, 6) is -0.614. The van der Waals surface area contributed by atoms with Crippen molar-refractivity contribution < 1.29 is 23.0 Å². The molecule has 0 spiro atoms. The molecule has 1 aliphatic heterocycles. The van der Waals surface area contributed by atoms with Crippen molar-refractivity contribution in [3.05, 3.63) is 52.0 Å². The maximum Gasteiger partial charge on any atom is 0.586 e. The van der Waals surface area contributed by atoms with Crippen molar-refractivity contribution in [1.82, 2.24) is 4.98 Å². The van der Waals surface area contributed by atoms with Crippen LogP contribution >= 0.6 is 23.2 Å². The van der Waals surface area contributed by atoms with Crippen LogP contribution in [0.25, 0.3) is 11.1 Å². The molecule has 0 saturated heterocycles. The lowest BCUT2D eigenvalue weighted by Crippen LogP contribution is -2.25. The fourth-order valence-corrected chi connectivity index (χ4v) is 3.05. The van der Waals surface area contributed by atoms with Gasteiger partial charge >= 0.3 is 6.29 Å². The summed E-state index contributed by atoms with van der Waals surface area (Å²) in [5, 5.41) is 3.03. The molecule has 2 aromatic rings. The fourth-order valence-electron chi connectivity index (χ4n) is 2.65. The van der Waals surface area contributed by atoms with E-state index in [0.717, 1.165) is 0 Å². The Bertz CT molecular complexity index is 1050. The molecule has 0 atom stereocenters. The van der Waals surface area contributed by atoms with Crippen LogP contribution in [-0.2, 0) is 4.79 Å². The summed E-state index contributed by atoms with van der Waals surface area (Å²) >= 11 is 12.1. The molecule has 6 nitrogen and oxygen atoms in total. The number of nitrogens with one attached hydrogen (secondary N) is 1. The highest BCUT2D eigenvalue weighted by Crippen LogP contribution is 2.46. The Hall–Kier alpha value is -2.84. The van der Waals surface area contributed by atoms with Gasteiger partial charge in [-0.05, 0) is 32.0 Å². The molecule has 152 valence electrons. The number of nitrogens with zero attached hydrogens (tertiary/aromatic N) is 1. The first-order valence-corrected chi connectivity index (χ1v) is 9.03. The zero-order valence-electron chi connectivity index (χ0n) is 15.2. The third-order valence-electron chi connectivity index (χ3n) is 3.90. The summed E-state index contributed by atoms with van der Waals surface area (Å²) in [6, 6.07) is 5.54. The average molecular weight is 442 g/mol. The van der Waals surface area contributed by atoms with E-state index in [1.165, 1.54) is 18.2 Å². The average Bonchev–Trinajstić information content (AvgIpc) is 2.91. The second-order valence-corrected chi connectivity index (χ2v) is 6.95. The Labute approximate surface area is 174 Å². The number of carbonyl (C=O) groups excluding carboxylic acids is 1. The third kappa shape index (κ3) is 4.44. The van der Waals surface area contributed by atoms with E-state index in [9.17, 15) is 13.6 Å². The molecule has 10 heteroatoms. The molecule has 0 fully saturated rings. The van der Waals surface area contributed by atoms with Crippen LogP contribution < -0.4 is 20.5 Å². The van der Waals surface area contributed by atoms with Crippen molar-refractivity contribution in [2.75, 3.05) is 11.1 Å². The second kappa shape index (κ2) is 7.88. The lowest BCUT2D eigenvalue weighted by atomic mass is 10.1. The Kier molecular flexibility index (Phi) is 5.68. The molecule has 0 aliphatic carbocycles. The highest BCUT2D eigenvalue weighted by atomic mass is 35.5. The summed E-state index contributed by atoms with van der Waals surface area (Å²) in [4.78, 5) is 16.5. The SMILES string of the molecule is C/C=C\C(C(=O)Nc1ccc(-c2cc3c(cc2Cl)OC(F)(F)O3)c(N)n1)=C(/C)Cl. The molecule has 2 heterocycles. The number of carbonyl (C=O) groups is 1. The van der Waals surface area contributed by atoms with E-state index in [2.05, 4.69) is 19.8 Å². The normalized spacial score (nSPS) is 15.4. The molecule has 3 rings (SSSR count). The number of hydrogen-bond donors (Lipinski definition) is 2. The number of amides is 1. The Morgan fingerprint density at radius 3 is 2.48 bits per heavy atom. The third-order valence-corrected chi connectivity index (χ3v) is 4.41. The number of allylic oxidation sites excluding steroid dienone is 2. The van der Waals surface area contributed by atoms with Gasteiger partial charge in [-0.25, -0.2) is 4.98 Å². The quantitative estimate of drug-likeness (QED) is 0.494. The first kappa shape index (κ1) is 20.9. The predicted molar refractivity (Wildman–Crippen MR) is 107 cm³/mol. The topological polar surface area (TPSA) is 86.5 Å². The minimum atomic E-state index is -3.76. The number of benzene rings is 1. The summed E-state index contributed by atoms with van der Waals surface area (Å²) in [5.41, 5.74) is 6.96. The van der Waals surface area contributed by atoms with Crippen LogP contribution in [0.3, 0.4) is 0 Å². The molecular formula is C19H15Cl2F2N3O3. The number of aromatic nitrogens is 1. The molecule has 0 radical (unpaired) electrons. The zero-order valence-corrected chi connectivity index (χ0v) is 16.7. The van der Waals surface area contributed by atoms with Gasteiger partial charge < -0.3 is 20.5 Å². The first-order valence-electron chi connectivity index (χ1n) is 8.28. The van der Waals surface area contributed by atoms with Crippen LogP contribution in [0.1, 0.15) is 13.8 Å². The molecule has 0 bridgehead atoms. The number of fused-ring (bicyclic) bond motifs is 1. The Morgan fingerprint density at radius 2 is 1.90 bits per heavy atom. The van der Waals surface area contributed by atoms with Crippen LogP contribution in [-0.4, -0.2) is 17.2 Å². The van der Waals surface area contributed by atoms with Crippen molar-refractivity contribution in [3.8, 4) is 22.6 Å². The van der Waals surface area contributed by atoms with Crippen molar-refractivity contribution in [2.24, 2.45) is 0 Å². The number of halogens is 4. The van der Waals surface area contributed by atoms with Crippen LogP contribution in [0, 0.1) is 0 Å². The number of ether oxygens (including phenoxy) is 2. The Morgan fingerprint density at radius 1 is 1.24 bits per heavy atom. The number of nitrogen functional groups attached to an aromatic ring is 1. The monoisotopic (exact) mass is 441 g/mol. The van der Waals surface area contributed by atoms with E-state index in [4.69, 9.17) is 28.9 Å². The molecule has 1 amide bonds. The van der Waals surface area contributed by atoms with Gasteiger partial charge in [-0.1, -0.05) is 35.4 Å². The van der Waals surface area contributed by atoms with Gasteiger partial charge in [-0.2, -0.15) is 0 Å². The fraction of sp³-hybridized carbons (Fsp3) is 0.158. The van der Waals surface area contributed by atoms with Crippen LogP contribution in [0.5, 0.6) is 11.5 Å². The molecule has 3 N–H and O–H groups in total. The summed E-state index contributed by atoms with van der Waals surface area (Å²) in [6.07, 6.45) is -0.519. The molecule has 1 aromatic heterocycles. The van der Waals surface area contributed by atoms with E-state index >= 15 is 0 Å². The molecule has 29 heavy (non-hydrogen) atoms. The van der Waals surface area contributed by atoms with Gasteiger partial charge in [0.05, 0.1) is 10.6 Å². The summed E-state index contributed by atoms with van der Waals surface area (Å²) in [6.45, 7) is 3.34. The molecule has 0 saturated carbocycles. The van der Waals surface area contributed by atoms with Gasteiger partial charge in [0.1, 0.15) is 11.6 Å². The van der Waals surface area contributed by atoms with Crippen molar-refractivity contribution in [1.29, 1.82) is 0 Å². The number of anilines is 2. The van der Waals surface area contributed by atoms with Gasteiger partial charge in [0.2, 0.25) is 0 Å².